The summed E-state index contributed by atoms with van der Waals surface area (Å²) < 4.78 is 7.19. The van der Waals surface area contributed by atoms with E-state index in [0.29, 0.717) is 0 Å². The Hall–Kier alpha value is -2.65. The molecule has 0 unspecified atom stereocenters. The normalized spacial score (nSPS) is 11.5. The minimum atomic E-state index is 0.903. The van der Waals surface area contributed by atoms with Gasteiger partial charge in [0.25, 0.3) is 0 Å². The molecule has 0 radical (unpaired) electrons. The summed E-state index contributed by atoms with van der Waals surface area (Å²) in [6.07, 6.45) is 3.69. The predicted octanol–water partition coefficient (Wildman–Crippen LogP) is 6.56. The van der Waals surface area contributed by atoms with Crippen LogP contribution in [0.15, 0.2) is 81.9 Å². The maximum absolute atomic E-state index is 6.14. The van der Waals surface area contributed by atoms with Crippen LogP contribution in [0.25, 0.3) is 43.8 Å². The summed E-state index contributed by atoms with van der Waals surface area (Å²) >= 11 is 3.57. The van der Waals surface area contributed by atoms with Crippen LogP contribution in [-0.2, 0) is 0 Å². The predicted molar refractivity (Wildman–Crippen MR) is 102 cm³/mol. The third-order valence-corrected chi connectivity index (χ3v) is 4.91. The van der Waals surface area contributed by atoms with Crippen molar-refractivity contribution in [1.82, 2.24) is 4.98 Å². The number of pyridine rings is 1. The smallest absolute Gasteiger partial charge is 0.136 e. The lowest BCUT2D eigenvalue weighted by Crippen LogP contribution is -1.83. The monoisotopic (exact) mass is 373 g/mol. The van der Waals surface area contributed by atoms with E-state index in [0.717, 1.165) is 37.5 Å². The molecule has 0 aliphatic carbocycles. The third kappa shape index (κ3) is 1.98. The van der Waals surface area contributed by atoms with Gasteiger partial charge in [-0.15, -0.1) is 0 Å². The third-order valence-electron chi connectivity index (χ3n) is 4.41. The molecule has 0 amide bonds. The van der Waals surface area contributed by atoms with E-state index < -0.39 is 0 Å². The van der Waals surface area contributed by atoms with Crippen LogP contribution >= 0.6 is 15.9 Å². The number of fused-ring (bicyclic) bond motifs is 5. The molecule has 0 N–H and O–H groups in total. The lowest BCUT2D eigenvalue weighted by molar-refractivity contribution is 0.669. The van der Waals surface area contributed by atoms with Crippen molar-refractivity contribution < 1.29 is 4.42 Å². The van der Waals surface area contributed by atoms with E-state index in [4.69, 9.17) is 4.42 Å². The minimum Gasteiger partial charge on any atom is -0.456 e. The van der Waals surface area contributed by atoms with E-state index in [1.165, 1.54) is 10.8 Å². The van der Waals surface area contributed by atoms with Gasteiger partial charge in [-0.25, -0.2) is 0 Å². The van der Waals surface area contributed by atoms with E-state index in [-0.39, 0.29) is 0 Å². The average molecular weight is 374 g/mol. The molecule has 0 atom stereocenters. The molecule has 3 aromatic carbocycles. The Morgan fingerprint density at radius 2 is 1.67 bits per heavy atom. The highest BCUT2D eigenvalue weighted by Crippen LogP contribution is 2.40. The van der Waals surface area contributed by atoms with Crippen LogP contribution in [0.1, 0.15) is 0 Å². The van der Waals surface area contributed by atoms with Crippen LogP contribution < -0.4 is 0 Å². The standard InChI is InChI=1S/C21H12BrNO/c22-14-7-8-19-18(10-14)21-16-6-2-1-5-15(16)17(11-20(21)24-19)13-4-3-9-23-12-13/h1-12H. The number of nitrogens with zero attached hydrogens (tertiary/aromatic N) is 1. The number of furan rings is 1. The molecular formula is C21H12BrNO. The second-order valence-corrected chi connectivity index (χ2v) is 6.74. The molecule has 2 aromatic heterocycles. The average Bonchev–Trinajstić information content (AvgIpc) is 2.99. The summed E-state index contributed by atoms with van der Waals surface area (Å²) in [5.74, 6) is 0. The van der Waals surface area contributed by atoms with E-state index in [2.05, 4.69) is 63.4 Å². The van der Waals surface area contributed by atoms with Gasteiger partial charge in [0.2, 0.25) is 0 Å². The van der Waals surface area contributed by atoms with Gasteiger partial charge in [-0.1, -0.05) is 46.3 Å². The highest BCUT2D eigenvalue weighted by Gasteiger charge is 2.14. The van der Waals surface area contributed by atoms with Crippen molar-refractivity contribution >= 4 is 48.6 Å². The number of halogens is 1. The largest absolute Gasteiger partial charge is 0.456 e. The van der Waals surface area contributed by atoms with E-state index in [1.54, 1.807) is 6.20 Å². The van der Waals surface area contributed by atoms with Crippen molar-refractivity contribution in [3.05, 3.63) is 77.5 Å². The number of rotatable bonds is 1. The van der Waals surface area contributed by atoms with E-state index in [1.807, 2.05) is 24.4 Å². The number of hydrogen-bond donors (Lipinski definition) is 0. The molecule has 24 heavy (non-hydrogen) atoms. The summed E-state index contributed by atoms with van der Waals surface area (Å²) in [4.78, 5) is 4.27. The minimum absolute atomic E-state index is 0.903. The first kappa shape index (κ1) is 13.8. The molecule has 2 nitrogen and oxygen atoms in total. The fraction of sp³-hybridized carbons (Fsp3) is 0. The number of hydrogen-bond acceptors (Lipinski definition) is 2. The molecule has 5 rings (SSSR count). The molecule has 0 spiro atoms. The Morgan fingerprint density at radius 3 is 2.50 bits per heavy atom. The van der Waals surface area contributed by atoms with Gasteiger partial charge in [-0.05, 0) is 46.7 Å². The van der Waals surface area contributed by atoms with Gasteiger partial charge in [0.1, 0.15) is 11.2 Å². The molecule has 0 saturated heterocycles. The van der Waals surface area contributed by atoms with Crippen LogP contribution in [0.3, 0.4) is 0 Å². The zero-order valence-corrected chi connectivity index (χ0v) is 14.2. The van der Waals surface area contributed by atoms with Gasteiger partial charge in [0, 0.05) is 33.2 Å². The van der Waals surface area contributed by atoms with Gasteiger partial charge < -0.3 is 4.42 Å². The zero-order valence-electron chi connectivity index (χ0n) is 12.7. The molecule has 114 valence electrons. The Bertz CT molecular complexity index is 1210. The van der Waals surface area contributed by atoms with Crippen LogP contribution in [0.4, 0.5) is 0 Å². The quantitative estimate of drug-likeness (QED) is 0.332. The van der Waals surface area contributed by atoms with Crippen LogP contribution in [0, 0.1) is 0 Å². The molecule has 0 bridgehead atoms. The van der Waals surface area contributed by atoms with Crippen molar-refractivity contribution in [2.24, 2.45) is 0 Å². The molecule has 0 saturated carbocycles. The van der Waals surface area contributed by atoms with Gasteiger partial charge >= 0.3 is 0 Å². The second-order valence-electron chi connectivity index (χ2n) is 5.83. The molecule has 0 aliphatic rings. The zero-order chi connectivity index (χ0) is 16.1. The maximum Gasteiger partial charge on any atom is 0.136 e. The van der Waals surface area contributed by atoms with Gasteiger partial charge in [-0.3, -0.25) is 4.98 Å². The summed E-state index contributed by atoms with van der Waals surface area (Å²) in [6, 6.07) is 20.8. The lowest BCUT2D eigenvalue weighted by Gasteiger charge is -2.08. The van der Waals surface area contributed by atoms with Crippen molar-refractivity contribution in [2.45, 2.75) is 0 Å². The van der Waals surface area contributed by atoms with Gasteiger partial charge in [-0.2, -0.15) is 0 Å². The van der Waals surface area contributed by atoms with Crippen molar-refractivity contribution in [2.75, 3.05) is 0 Å². The van der Waals surface area contributed by atoms with Crippen molar-refractivity contribution in [3.63, 3.8) is 0 Å². The topological polar surface area (TPSA) is 26.0 Å². The van der Waals surface area contributed by atoms with E-state index in [9.17, 15) is 0 Å². The Labute approximate surface area is 146 Å². The first-order valence-corrected chi connectivity index (χ1v) is 8.54. The summed E-state index contributed by atoms with van der Waals surface area (Å²) in [5.41, 5.74) is 4.05. The van der Waals surface area contributed by atoms with E-state index >= 15 is 0 Å². The van der Waals surface area contributed by atoms with Crippen molar-refractivity contribution in [3.8, 4) is 11.1 Å². The van der Waals surface area contributed by atoms with Gasteiger partial charge in [0.05, 0.1) is 0 Å². The number of aromatic nitrogens is 1. The highest BCUT2D eigenvalue weighted by atomic mass is 79.9. The fourth-order valence-corrected chi connectivity index (χ4v) is 3.74. The molecule has 3 heteroatoms. The SMILES string of the molecule is Brc1ccc2oc3cc(-c4cccnc4)c4ccccc4c3c2c1. The Balaban J connectivity index is 2.01. The van der Waals surface area contributed by atoms with Crippen LogP contribution in [-0.4, -0.2) is 4.98 Å². The molecule has 0 fully saturated rings. The first-order valence-electron chi connectivity index (χ1n) is 7.75. The Morgan fingerprint density at radius 1 is 0.792 bits per heavy atom. The van der Waals surface area contributed by atoms with Crippen LogP contribution in [0.2, 0.25) is 0 Å². The molecule has 0 aliphatic heterocycles. The van der Waals surface area contributed by atoms with Crippen LogP contribution in [0.5, 0.6) is 0 Å². The summed E-state index contributed by atoms with van der Waals surface area (Å²) in [7, 11) is 0. The van der Waals surface area contributed by atoms with Gasteiger partial charge in [0.15, 0.2) is 0 Å². The van der Waals surface area contributed by atoms with Crippen molar-refractivity contribution in [1.29, 1.82) is 0 Å². The molecule has 2 heterocycles. The highest BCUT2D eigenvalue weighted by molar-refractivity contribution is 9.10. The second kappa shape index (κ2) is 5.18. The summed E-state index contributed by atoms with van der Waals surface area (Å²) in [5, 5.41) is 4.70. The maximum atomic E-state index is 6.14. The summed E-state index contributed by atoms with van der Waals surface area (Å²) in [6.45, 7) is 0. The number of benzene rings is 3. The fourth-order valence-electron chi connectivity index (χ4n) is 3.37. The Kier molecular flexibility index (Phi) is 2.97. The molecular weight excluding hydrogens is 362 g/mol. The molecule has 5 aromatic rings. The lowest BCUT2D eigenvalue weighted by atomic mass is 9.96. The first-order chi connectivity index (χ1) is 11.8.